The lowest BCUT2D eigenvalue weighted by Gasteiger charge is -2.55. The Hall–Kier alpha value is -1.24. The molecule has 6 nitrogen and oxygen atoms in total. The van der Waals surface area contributed by atoms with Crippen molar-refractivity contribution in [3.8, 4) is 0 Å². The third kappa shape index (κ3) is 1.55. The van der Waals surface area contributed by atoms with E-state index in [1.165, 1.54) is 12.5 Å². The minimum atomic E-state index is -0.998. The summed E-state index contributed by atoms with van der Waals surface area (Å²) in [5.74, 6) is -0.473. The molecule has 2 saturated heterocycles. The number of aliphatic hydroxyl groups excluding tert-OH is 1. The van der Waals surface area contributed by atoms with Gasteiger partial charge in [-0.15, -0.1) is 0 Å². The van der Waals surface area contributed by atoms with Gasteiger partial charge in [-0.05, 0) is 19.8 Å². The van der Waals surface area contributed by atoms with Crippen LogP contribution < -0.4 is 0 Å². The highest BCUT2D eigenvalue weighted by Crippen LogP contribution is 2.71. The molecule has 2 bridgehead atoms. The van der Waals surface area contributed by atoms with Crippen molar-refractivity contribution in [2.75, 3.05) is 6.61 Å². The van der Waals surface area contributed by atoms with Crippen molar-refractivity contribution in [2.45, 2.75) is 63.6 Å². The van der Waals surface area contributed by atoms with Crippen LogP contribution in [0.4, 0.5) is 0 Å². The van der Waals surface area contributed by atoms with Crippen molar-refractivity contribution in [1.29, 1.82) is 0 Å². The third-order valence-corrected chi connectivity index (χ3v) is 6.62. The Morgan fingerprint density at radius 1 is 1.52 bits per heavy atom. The van der Waals surface area contributed by atoms with Crippen LogP contribution in [0.1, 0.15) is 33.6 Å². The fourth-order valence-electron chi connectivity index (χ4n) is 5.23. The molecule has 4 rings (SSSR count). The lowest BCUT2D eigenvalue weighted by Crippen LogP contribution is -2.65. The molecule has 1 unspecified atom stereocenters. The van der Waals surface area contributed by atoms with E-state index in [2.05, 4.69) is 0 Å². The Bertz CT molecular complexity index is 608. The zero-order valence-corrected chi connectivity index (χ0v) is 13.6. The molecule has 0 aromatic heterocycles. The monoisotopic (exact) mass is 322 g/mol. The number of aldehydes is 1. The predicted molar refractivity (Wildman–Crippen MR) is 78.5 cm³/mol. The molecule has 1 N–H and O–H groups in total. The molecular formula is C17H22O6. The molecule has 1 saturated carbocycles. The van der Waals surface area contributed by atoms with Crippen LogP contribution in [0.15, 0.2) is 11.6 Å². The minimum Gasteiger partial charge on any atom is -0.459 e. The second kappa shape index (κ2) is 4.43. The van der Waals surface area contributed by atoms with E-state index in [1.807, 2.05) is 19.9 Å². The second-order valence-electron chi connectivity index (χ2n) is 7.55. The minimum absolute atomic E-state index is 0.411. The van der Waals surface area contributed by atoms with Crippen molar-refractivity contribution in [3.63, 3.8) is 0 Å². The number of allylic oxidation sites excluding steroid dienone is 1. The number of epoxide rings is 1. The molecule has 0 amide bonds. The van der Waals surface area contributed by atoms with Gasteiger partial charge in [0.15, 0.2) is 0 Å². The molecule has 7 atom stereocenters. The third-order valence-electron chi connectivity index (χ3n) is 6.62. The SMILES string of the molecule is CC(=O)O[C@@H]1[C@H](O)[C@@H]2O[C@H]3C=C(C)CCC3(C=O)[C@@]1(C)[C@@]21CO1. The number of aliphatic hydroxyl groups is 1. The van der Waals surface area contributed by atoms with Crippen molar-refractivity contribution in [2.24, 2.45) is 10.8 Å². The summed E-state index contributed by atoms with van der Waals surface area (Å²) in [7, 11) is 0. The van der Waals surface area contributed by atoms with Crippen molar-refractivity contribution in [1.82, 2.24) is 0 Å². The average Bonchev–Trinajstić information content (AvgIpc) is 3.28. The zero-order chi connectivity index (χ0) is 16.6. The molecule has 4 aliphatic rings. The van der Waals surface area contributed by atoms with Crippen LogP contribution >= 0.6 is 0 Å². The first-order valence-corrected chi connectivity index (χ1v) is 8.11. The Morgan fingerprint density at radius 2 is 2.22 bits per heavy atom. The molecule has 126 valence electrons. The van der Waals surface area contributed by atoms with Gasteiger partial charge in [0.25, 0.3) is 0 Å². The molecule has 0 aromatic rings. The van der Waals surface area contributed by atoms with Crippen LogP contribution in [-0.2, 0) is 23.8 Å². The Kier molecular flexibility index (Phi) is 2.95. The molecule has 2 aliphatic heterocycles. The maximum absolute atomic E-state index is 12.3. The fourth-order valence-corrected chi connectivity index (χ4v) is 5.23. The number of carbonyl (C=O) groups is 2. The van der Waals surface area contributed by atoms with Gasteiger partial charge in [-0.25, -0.2) is 0 Å². The fraction of sp³-hybridized carbons (Fsp3) is 0.765. The molecule has 23 heavy (non-hydrogen) atoms. The smallest absolute Gasteiger partial charge is 0.303 e. The van der Waals surface area contributed by atoms with E-state index in [-0.39, 0.29) is 0 Å². The highest BCUT2D eigenvalue weighted by Gasteiger charge is 2.85. The average molecular weight is 322 g/mol. The van der Waals surface area contributed by atoms with Crippen LogP contribution in [0.25, 0.3) is 0 Å². The highest BCUT2D eigenvalue weighted by molar-refractivity contribution is 5.69. The molecule has 2 aliphatic carbocycles. The topological polar surface area (TPSA) is 85.4 Å². The van der Waals surface area contributed by atoms with Gasteiger partial charge in [0.05, 0.1) is 23.5 Å². The molecular weight excluding hydrogens is 300 g/mol. The number of hydrogen-bond donors (Lipinski definition) is 1. The largest absolute Gasteiger partial charge is 0.459 e. The lowest BCUT2D eigenvalue weighted by molar-refractivity contribution is -0.209. The maximum atomic E-state index is 12.3. The normalized spacial score (nSPS) is 53.5. The van der Waals surface area contributed by atoms with Gasteiger partial charge >= 0.3 is 5.97 Å². The van der Waals surface area contributed by atoms with Crippen LogP contribution in [0.2, 0.25) is 0 Å². The molecule has 3 fully saturated rings. The van der Waals surface area contributed by atoms with Crippen LogP contribution in [0, 0.1) is 10.8 Å². The number of ether oxygens (including phenoxy) is 3. The van der Waals surface area contributed by atoms with E-state index in [9.17, 15) is 14.7 Å². The van der Waals surface area contributed by atoms with E-state index >= 15 is 0 Å². The highest BCUT2D eigenvalue weighted by atomic mass is 16.7. The number of hydrogen-bond acceptors (Lipinski definition) is 6. The summed E-state index contributed by atoms with van der Waals surface area (Å²) in [5, 5.41) is 10.8. The Balaban J connectivity index is 1.90. The summed E-state index contributed by atoms with van der Waals surface area (Å²) in [5.41, 5.74) is -1.25. The lowest BCUT2D eigenvalue weighted by atomic mass is 9.51. The first-order chi connectivity index (χ1) is 10.8. The van der Waals surface area contributed by atoms with E-state index in [0.717, 1.165) is 12.7 Å². The summed E-state index contributed by atoms with van der Waals surface area (Å²) in [6.07, 6.45) is 1.47. The Morgan fingerprint density at radius 3 is 2.78 bits per heavy atom. The molecule has 0 aromatic carbocycles. The van der Waals surface area contributed by atoms with Gasteiger partial charge in [-0.2, -0.15) is 0 Å². The standard InChI is InChI=1S/C17H22O6/c1-9-4-5-16(7-18)11(6-9)23-14-12(20)13(22-10(2)19)15(16,3)17(14)8-21-17/h6-7,11-14,20H,4-5,8H2,1-3H3/t11-,12-,13+,14-,15-,16?,17+/m0/s1. The summed E-state index contributed by atoms with van der Waals surface area (Å²) in [4.78, 5) is 23.9. The first kappa shape index (κ1) is 15.3. The van der Waals surface area contributed by atoms with Crippen LogP contribution in [0.5, 0.6) is 0 Å². The molecule has 1 spiro atoms. The van der Waals surface area contributed by atoms with Crippen LogP contribution in [0.3, 0.4) is 0 Å². The van der Waals surface area contributed by atoms with Gasteiger partial charge in [0, 0.05) is 6.92 Å². The van der Waals surface area contributed by atoms with Gasteiger partial charge in [-0.3, -0.25) is 4.79 Å². The van der Waals surface area contributed by atoms with Crippen molar-refractivity contribution in [3.05, 3.63) is 11.6 Å². The van der Waals surface area contributed by atoms with E-state index in [4.69, 9.17) is 14.2 Å². The molecule has 0 radical (unpaired) electrons. The first-order valence-electron chi connectivity index (χ1n) is 8.11. The number of esters is 1. The maximum Gasteiger partial charge on any atom is 0.303 e. The summed E-state index contributed by atoms with van der Waals surface area (Å²) >= 11 is 0. The van der Waals surface area contributed by atoms with Crippen LogP contribution in [-0.4, -0.2) is 54.0 Å². The van der Waals surface area contributed by atoms with Gasteiger partial charge < -0.3 is 24.1 Å². The quantitative estimate of drug-likeness (QED) is 0.350. The number of rotatable bonds is 2. The summed E-state index contributed by atoms with van der Waals surface area (Å²) < 4.78 is 17.4. The van der Waals surface area contributed by atoms with Crippen molar-refractivity contribution >= 4 is 12.3 Å². The molecule has 6 heteroatoms. The Labute approximate surface area is 134 Å². The van der Waals surface area contributed by atoms with E-state index in [1.54, 1.807) is 0 Å². The predicted octanol–water partition coefficient (Wildman–Crippen LogP) is 0.761. The van der Waals surface area contributed by atoms with Gasteiger partial charge in [0.2, 0.25) is 0 Å². The van der Waals surface area contributed by atoms with E-state index in [0.29, 0.717) is 13.0 Å². The number of carbonyl (C=O) groups excluding carboxylic acids is 2. The van der Waals surface area contributed by atoms with Gasteiger partial charge in [0.1, 0.15) is 30.2 Å². The second-order valence-corrected chi connectivity index (χ2v) is 7.55. The van der Waals surface area contributed by atoms with Gasteiger partial charge in [-0.1, -0.05) is 18.6 Å². The summed E-state index contributed by atoms with van der Waals surface area (Å²) in [6, 6.07) is 0. The van der Waals surface area contributed by atoms with Crippen molar-refractivity contribution < 1.29 is 28.9 Å². The zero-order valence-electron chi connectivity index (χ0n) is 13.6. The molecule has 2 heterocycles. The number of fused-ring (bicyclic) bond motifs is 2. The summed E-state index contributed by atoms with van der Waals surface area (Å²) in [6.45, 7) is 5.65. The van der Waals surface area contributed by atoms with E-state index < -0.39 is 46.8 Å².